The van der Waals surface area contributed by atoms with Crippen LogP contribution in [0.25, 0.3) is 0 Å². The first kappa shape index (κ1) is 19.8. The van der Waals surface area contributed by atoms with Crippen molar-refractivity contribution in [2.45, 2.75) is 52.1 Å². The predicted octanol–water partition coefficient (Wildman–Crippen LogP) is 5.01. The zero-order valence-electron chi connectivity index (χ0n) is 14.8. The number of benzene rings is 1. The van der Waals surface area contributed by atoms with E-state index in [0.29, 0.717) is 23.0 Å². The quantitative estimate of drug-likeness (QED) is 0.562. The molecule has 0 spiro atoms. The molecule has 4 nitrogen and oxygen atoms in total. The molecule has 2 unspecified atom stereocenters. The lowest BCUT2D eigenvalue weighted by Crippen LogP contribution is -2.12. The fraction of sp³-hybridized carbons (Fsp3) is 0.611. The van der Waals surface area contributed by atoms with E-state index in [2.05, 4.69) is 20.8 Å². The fourth-order valence-corrected chi connectivity index (χ4v) is 4.77. The van der Waals surface area contributed by atoms with Crippen molar-refractivity contribution in [2.24, 2.45) is 5.92 Å². The fourth-order valence-electron chi connectivity index (χ4n) is 2.76. The third-order valence-corrected chi connectivity index (χ3v) is 5.88. The number of unbranched alkanes of at least 4 members (excludes halogenated alkanes) is 1. The first-order valence-corrected chi connectivity index (χ1v) is 9.74. The summed E-state index contributed by atoms with van der Waals surface area (Å²) in [5.74, 6) is 1.26. The van der Waals surface area contributed by atoms with Gasteiger partial charge < -0.3 is 14.0 Å². The van der Waals surface area contributed by atoms with Crippen molar-refractivity contribution in [2.75, 3.05) is 14.2 Å². The van der Waals surface area contributed by atoms with Gasteiger partial charge in [-0.3, -0.25) is 4.79 Å². The molecule has 0 aliphatic heterocycles. The number of carbonyl (C=O) groups excluding carboxylic acids is 1. The van der Waals surface area contributed by atoms with Crippen molar-refractivity contribution in [3.8, 4) is 11.5 Å². The van der Waals surface area contributed by atoms with Gasteiger partial charge in [-0.05, 0) is 30.9 Å². The summed E-state index contributed by atoms with van der Waals surface area (Å²) >= 11 is 0. The summed E-state index contributed by atoms with van der Waals surface area (Å²) in [7, 11) is 0.572. The van der Waals surface area contributed by atoms with Gasteiger partial charge in [-0.15, -0.1) is 0 Å². The molecular weight excluding hydrogens is 311 g/mol. The average Bonchev–Trinajstić information content (AvgIpc) is 2.55. The largest absolute Gasteiger partial charge is 0.496 e. The summed E-state index contributed by atoms with van der Waals surface area (Å²) in [6.45, 7) is 6.30. The Labute approximate surface area is 140 Å². The molecule has 1 aromatic carbocycles. The molecule has 1 rings (SSSR count). The van der Waals surface area contributed by atoms with Crippen LogP contribution in [0.1, 0.15) is 56.8 Å². The highest BCUT2D eigenvalue weighted by Gasteiger charge is 2.29. The van der Waals surface area contributed by atoms with Crippen LogP contribution in [0.3, 0.4) is 0 Å². The maximum atomic E-state index is 12.9. The van der Waals surface area contributed by atoms with Crippen LogP contribution in [0.15, 0.2) is 18.2 Å². The minimum Gasteiger partial charge on any atom is -0.496 e. The molecule has 0 aliphatic rings. The Morgan fingerprint density at radius 2 is 1.74 bits per heavy atom. The van der Waals surface area contributed by atoms with Crippen molar-refractivity contribution in [3.63, 3.8) is 0 Å². The minimum atomic E-state index is -2.44. The topological polar surface area (TPSA) is 52.6 Å². The van der Waals surface area contributed by atoms with Crippen LogP contribution in [0.2, 0.25) is 0 Å². The molecule has 0 saturated heterocycles. The van der Waals surface area contributed by atoms with Gasteiger partial charge in [0.05, 0.1) is 14.2 Å². The summed E-state index contributed by atoms with van der Waals surface area (Å²) in [5, 5.41) is 0. The van der Waals surface area contributed by atoms with Gasteiger partial charge in [0.2, 0.25) is 5.52 Å². The Kier molecular flexibility index (Phi) is 8.40. The van der Waals surface area contributed by atoms with E-state index in [1.165, 1.54) is 14.2 Å². The number of hydrogen-bond acceptors (Lipinski definition) is 4. The van der Waals surface area contributed by atoms with Gasteiger partial charge in [-0.2, -0.15) is 0 Å². The van der Waals surface area contributed by atoms with Crippen LogP contribution in [-0.2, 0) is 4.57 Å². The molecule has 0 amide bonds. The Hall–Kier alpha value is -1.28. The van der Waals surface area contributed by atoms with Crippen molar-refractivity contribution >= 4 is 13.3 Å². The van der Waals surface area contributed by atoms with Gasteiger partial charge in [0.15, 0.2) is 0 Å². The second kappa shape index (κ2) is 9.77. The van der Waals surface area contributed by atoms with Crippen LogP contribution >= 0.6 is 7.80 Å². The first-order chi connectivity index (χ1) is 11.0. The normalized spacial score (nSPS) is 13.7. The molecular formula is C18H29O4P. The minimum absolute atomic E-state index is 0.0536. The van der Waals surface area contributed by atoms with Gasteiger partial charge in [0.25, 0.3) is 0 Å². The van der Waals surface area contributed by atoms with Crippen LogP contribution in [0.5, 0.6) is 11.5 Å². The summed E-state index contributed by atoms with van der Waals surface area (Å²) in [6, 6.07) is 5.16. The van der Waals surface area contributed by atoms with Crippen molar-refractivity contribution in [3.05, 3.63) is 23.8 Å². The highest BCUT2D eigenvalue weighted by Crippen LogP contribution is 2.43. The van der Waals surface area contributed by atoms with Crippen LogP contribution < -0.4 is 9.47 Å². The van der Waals surface area contributed by atoms with E-state index in [9.17, 15) is 9.36 Å². The highest BCUT2D eigenvalue weighted by atomic mass is 31.1. The van der Waals surface area contributed by atoms with Crippen LogP contribution in [0, 0.1) is 5.92 Å². The van der Waals surface area contributed by atoms with Gasteiger partial charge in [-0.1, -0.05) is 39.7 Å². The lowest BCUT2D eigenvalue weighted by Gasteiger charge is -2.19. The SMILES string of the molecule is CCCCC(CC(C)C)[PH](=O)C(=O)c1c(OC)cccc1OC. The lowest BCUT2D eigenvalue weighted by molar-refractivity contribution is 0.107. The van der Waals surface area contributed by atoms with Crippen LogP contribution in [0.4, 0.5) is 0 Å². The Morgan fingerprint density at radius 3 is 2.17 bits per heavy atom. The number of hydrogen-bond donors (Lipinski definition) is 0. The summed E-state index contributed by atoms with van der Waals surface area (Å²) in [4.78, 5) is 12.9. The maximum Gasteiger partial charge on any atom is 0.226 e. The average molecular weight is 340 g/mol. The van der Waals surface area contributed by atoms with E-state index < -0.39 is 7.80 Å². The van der Waals surface area contributed by atoms with Crippen molar-refractivity contribution < 1.29 is 18.8 Å². The van der Waals surface area contributed by atoms with E-state index in [1.807, 2.05) is 0 Å². The van der Waals surface area contributed by atoms with Crippen molar-refractivity contribution in [1.29, 1.82) is 0 Å². The van der Waals surface area contributed by atoms with E-state index in [1.54, 1.807) is 18.2 Å². The number of methoxy groups -OCH3 is 2. The summed E-state index contributed by atoms with van der Waals surface area (Å²) < 4.78 is 23.5. The maximum absolute atomic E-state index is 12.9. The van der Waals surface area contributed by atoms with Gasteiger partial charge in [0, 0.05) is 5.66 Å². The second-order valence-corrected chi connectivity index (χ2v) is 8.20. The van der Waals surface area contributed by atoms with Gasteiger partial charge >= 0.3 is 0 Å². The van der Waals surface area contributed by atoms with E-state index in [-0.39, 0.29) is 11.2 Å². The predicted molar refractivity (Wildman–Crippen MR) is 95.6 cm³/mol. The summed E-state index contributed by atoms with van der Waals surface area (Å²) in [6.07, 6.45) is 3.66. The monoisotopic (exact) mass is 340 g/mol. The Balaban J connectivity index is 3.12. The molecule has 5 heteroatoms. The molecule has 0 aromatic heterocycles. The standard InChI is InChI=1S/C18H29O4P/c1-6-7-9-14(12-13(2)3)23(20)18(19)17-15(21-4)10-8-11-16(17)22-5/h8,10-11,13-14,23H,6-7,9,12H2,1-5H3. The zero-order valence-corrected chi connectivity index (χ0v) is 15.8. The van der Waals surface area contributed by atoms with Crippen LogP contribution in [-0.4, -0.2) is 25.4 Å². The molecule has 0 heterocycles. The van der Waals surface area contributed by atoms with E-state index >= 15 is 0 Å². The molecule has 130 valence electrons. The van der Waals surface area contributed by atoms with Gasteiger partial charge in [0.1, 0.15) is 24.9 Å². The molecule has 0 N–H and O–H groups in total. The Bertz CT molecular complexity index is 518. The zero-order chi connectivity index (χ0) is 17.4. The summed E-state index contributed by atoms with van der Waals surface area (Å²) in [5.41, 5.74) is -0.0697. The smallest absolute Gasteiger partial charge is 0.226 e. The molecule has 1 aromatic rings. The van der Waals surface area contributed by atoms with Crippen molar-refractivity contribution in [1.82, 2.24) is 0 Å². The third-order valence-electron chi connectivity index (χ3n) is 3.91. The molecule has 2 atom stereocenters. The van der Waals surface area contributed by atoms with E-state index in [4.69, 9.17) is 9.47 Å². The first-order valence-electron chi connectivity index (χ1n) is 8.25. The highest BCUT2D eigenvalue weighted by molar-refractivity contribution is 7.65. The number of ether oxygens (including phenoxy) is 2. The Morgan fingerprint density at radius 1 is 1.17 bits per heavy atom. The number of rotatable bonds is 10. The third kappa shape index (κ3) is 5.39. The molecule has 0 saturated carbocycles. The van der Waals surface area contributed by atoms with E-state index in [0.717, 1.165) is 25.7 Å². The molecule has 0 bridgehead atoms. The number of carbonyl (C=O) groups is 1. The molecule has 23 heavy (non-hydrogen) atoms. The molecule has 0 radical (unpaired) electrons. The molecule has 0 aliphatic carbocycles. The van der Waals surface area contributed by atoms with Gasteiger partial charge in [-0.25, -0.2) is 0 Å². The molecule has 0 fully saturated rings. The second-order valence-electron chi connectivity index (χ2n) is 6.20. The lowest BCUT2D eigenvalue weighted by atomic mass is 10.0.